The van der Waals surface area contributed by atoms with Crippen LogP contribution >= 0.6 is 0 Å². The van der Waals surface area contributed by atoms with Gasteiger partial charge in [-0.05, 0) is 19.1 Å². The lowest BCUT2D eigenvalue weighted by Gasteiger charge is -2.08. The number of nitrogens with one attached hydrogen (secondary N) is 1. The summed E-state index contributed by atoms with van der Waals surface area (Å²) < 4.78 is 33.5. The van der Waals surface area contributed by atoms with E-state index in [4.69, 9.17) is 9.88 Å². The van der Waals surface area contributed by atoms with E-state index in [1.165, 1.54) is 12.1 Å². The van der Waals surface area contributed by atoms with Crippen molar-refractivity contribution < 1.29 is 22.7 Å². The van der Waals surface area contributed by atoms with Crippen LogP contribution in [0.4, 0.5) is 5.69 Å². The third kappa shape index (κ3) is 5.51. The Morgan fingerprint density at radius 3 is 2.78 bits per heavy atom. The van der Waals surface area contributed by atoms with Gasteiger partial charge >= 0.3 is 5.97 Å². The van der Waals surface area contributed by atoms with Crippen LogP contribution in [0.1, 0.15) is 6.92 Å². The number of hydrogen-bond donors (Lipinski definition) is 2. The maximum absolute atomic E-state index is 11.1. The van der Waals surface area contributed by atoms with Gasteiger partial charge in [0.15, 0.2) is 6.61 Å². The Morgan fingerprint density at radius 2 is 2.17 bits per heavy atom. The molecule has 0 unspecified atom stereocenters. The highest BCUT2D eigenvalue weighted by atomic mass is 32.2. The van der Waals surface area contributed by atoms with Gasteiger partial charge in [-0.2, -0.15) is 8.42 Å². The summed E-state index contributed by atoms with van der Waals surface area (Å²) in [5, 5.41) is 4.83. The highest BCUT2D eigenvalue weighted by molar-refractivity contribution is 7.90. The molecule has 1 rings (SSSR count). The fraction of sp³-hybridized carbons (Fsp3) is 0.300. The highest BCUT2D eigenvalue weighted by Gasteiger charge is 2.05. The number of carbonyl (C=O) groups is 1. The molecule has 7 nitrogen and oxygen atoms in total. The number of carbonyl (C=O) groups excluding carboxylic acids is 1. The molecule has 0 atom stereocenters. The smallest absolute Gasteiger partial charge is 0.344 e. The lowest BCUT2D eigenvalue weighted by atomic mass is 10.3. The summed E-state index contributed by atoms with van der Waals surface area (Å²) in [5.74, 6) is -0.168. The average molecular weight is 274 g/mol. The maximum atomic E-state index is 11.1. The summed E-state index contributed by atoms with van der Waals surface area (Å²) >= 11 is 0. The van der Waals surface area contributed by atoms with Gasteiger partial charge in [-0.1, -0.05) is 6.07 Å². The van der Waals surface area contributed by atoms with E-state index >= 15 is 0 Å². The van der Waals surface area contributed by atoms with Gasteiger partial charge in [-0.15, -0.1) is 0 Å². The second kappa shape index (κ2) is 6.22. The van der Waals surface area contributed by atoms with E-state index in [0.717, 1.165) is 0 Å². The first-order chi connectivity index (χ1) is 8.40. The van der Waals surface area contributed by atoms with Crippen molar-refractivity contribution in [2.45, 2.75) is 6.92 Å². The van der Waals surface area contributed by atoms with Crippen molar-refractivity contribution in [3.8, 4) is 5.75 Å². The lowest BCUT2D eigenvalue weighted by molar-refractivity contribution is -0.145. The highest BCUT2D eigenvalue weighted by Crippen LogP contribution is 2.17. The van der Waals surface area contributed by atoms with Crippen molar-refractivity contribution in [2.75, 3.05) is 17.9 Å². The van der Waals surface area contributed by atoms with E-state index in [1.807, 2.05) is 0 Å². The van der Waals surface area contributed by atoms with Gasteiger partial charge in [0.25, 0.3) is 10.2 Å². The summed E-state index contributed by atoms with van der Waals surface area (Å²) in [7, 11) is -3.83. The second-order valence-corrected chi connectivity index (χ2v) is 4.56. The van der Waals surface area contributed by atoms with Crippen LogP contribution in [0.3, 0.4) is 0 Å². The standard InChI is InChI=1S/C10H14N2O5S/c1-2-16-10(13)7-17-9-5-3-4-8(6-9)12-18(11,14)15/h3-6,12H,2,7H2,1H3,(H2,11,14,15). The van der Waals surface area contributed by atoms with Crippen molar-refractivity contribution in [1.82, 2.24) is 0 Å². The molecule has 1 aromatic rings. The number of esters is 1. The fourth-order valence-corrected chi connectivity index (χ4v) is 1.61. The SMILES string of the molecule is CCOC(=O)COc1cccc(NS(N)(=O)=O)c1. The van der Waals surface area contributed by atoms with Crippen molar-refractivity contribution in [1.29, 1.82) is 0 Å². The zero-order valence-corrected chi connectivity index (χ0v) is 10.6. The number of benzene rings is 1. The number of ether oxygens (including phenoxy) is 2. The predicted octanol–water partition coefficient (Wildman–Crippen LogP) is 0.244. The average Bonchev–Trinajstić information content (AvgIpc) is 2.25. The molecule has 100 valence electrons. The van der Waals surface area contributed by atoms with Crippen LogP contribution in [0.5, 0.6) is 5.75 Å². The third-order valence-electron chi connectivity index (χ3n) is 1.76. The van der Waals surface area contributed by atoms with Crippen LogP contribution in [0.25, 0.3) is 0 Å². The van der Waals surface area contributed by atoms with E-state index in [9.17, 15) is 13.2 Å². The van der Waals surface area contributed by atoms with Crippen LogP contribution in [0.2, 0.25) is 0 Å². The van der Waals surface area contributed by atoms with Crippen LogP contribution in [0, 0.1) is 0 Å². The number of rotatable bonds is 6. The van der Waals surface area contributed by atoms with Crippen molar-refractivity contribution in [3.63, 3.8) is 0 Å². The summed E-state index contributed by atoms with van der Waals surface area (Å²) in [6, 6.07) is 6.05. The number of hydrogen-bond acceptors (Lipinski definition) is 5. The minimum Gasteiger partial charge on any atom is -0.482 e. The Bertz CT molecular complexity index is 515. The van der Waals surface area contributed by atoms with Gasteiger partial charge in [0.05, 0.1) is 12.3 Å². The predicted molar refractivity (Wildman–Crippen MR) is 65.3 cm³/mol. The Morgan fingerprint density at radius 1 is 1.44 bits per heavy atom. The molecule has 0 spiro atoms. The van der Waals surface area contributed by atoms with E-state index in [-0.39, 0.29) is 18.9 Å². The molecule has 0 aliphatic carbocycles. The van der Waals surface area contributed by atoms with Crippen molar-refractivity contribution in [2.24, 2.45) is 5.14 Å². The van der Waals surface area contributed by atoms with Gasteiger partial charge in [0.2, 0.25) is 0 Å². The van der Waals surface area contributed by atoms with Crippen molar-refractivity contribution >= 4 is 21.9 Å². The van der Waals surface area contributed by atoms with Gasteiger partial charge < -0.3 is 9.47 Å². The molecule has 0 aliphatic heterocycles. The van der Waals surface area contributed by atoms with Gasteiger partial charge in [0, 0.05) is 6.07 Å². The molecule has 0 saturated heterocycles. The number of nitrogens with two attached hydrogens (primary N) is 1. The molecule has 0 heterocycles. The zero-order chi connectivity index (χ0) is 13.6. The maximum Gasteiger partial charge on any atom is 0.344 e. The molecule has 0 aromatic heterocycles. The zero-order valence-electron chi connectivity index (χ0n) is 9.75. The quantitative estimate of drug-likeness (QED) is 0.723. The van der Waals surface area contributed by atoms with Crippen LogP contribution in [-0.4, -0.2) is 27.6 Å². The monoisotopic (exact) mass is 274 g/mol. The van der Waals surface area contributed by atoms with Crippen molar-refractivity contribution in [3.05, 3.63) is 24.3 Å². The normalized spacial score (nSPS) is 10.8. The molecule has 0 aliphatic rings. The lowest BCUT2D eigenvalue weighted by Crippen LogP contribution is -2.21. The van der Waals surface area contributed by atoms with Crippen LogP contribution in [-0.2, 0) is 19.7 Å². The van der Waals surface area contributed by atoms with E-state index in [0.29, 0.717) is 5.75 Å². The Hall–Kier alpha value is -1.80. The minimum absolute atomic E-state index is 0.243. The minimum atomic E-state index is -3.83. The summed E-state index contributed by atoms with van der Waals surface area (Å²) in [5.41, 5.74) is 0.249. The molecule has 1 aromatic carbocycles. The van der Waals surface area contributed by atoms with E-state index in [2.05, 4.69) is 9.46 Å². The molecule has 3 N–H and O–H groups in total. The molecule has 0 bridgehead atoms. The summed E-state index contributed by atoms with van der Waals surface area (Å²) in [4.78, 5) is 11.1. The van der Waals surface area contributed by atoms with Crippen LogP contribution in [0.15, 0.2) is 24.3 Å². The van der Waals surface area contributed by atoms with Gasteiger partial charge in [0.1, 0.15) is 5.75 Å². The first-order valence-corrected chi connectivity index (χ1v) is 6.64. The first kappa shape index (κ1) is 14.3. The Labute approximate surface area is 105 Å². The number of anilines is 1. The largest absolute Gasteiger partial charge is 0.482 e. The first-order valence-electron chi connectivity index (χ1n) is 5.09. The molecular weight excluding hydrogens is 260 g/mol. The third-order valence-corrected chi connectivity index (χ3v) is 2.28. The summed E-state index contributed by atoms with van der Waals surface area (Å²) in [6.07, 6.45) is 0. The fourth-order valence-electron chi connectivity index (χ4n) is 1.16. The second-order valence-electron chi connectivity index (χ2n) is 3.27. The van der Waals surface area contributed by atoms with Crippen LogP contribution < -0.4 is 14.6 Å². The molecule has 0 radical (unpaired) electrons. The van der Waals surface area contributed by atoms with Gasteiger partial charge in [-0.3, -0.25) is 4.72 Å². The van der Waals surface area contributed by atoms with Gasteiger partial charge in [-0.25, -0.2) is 9.93 Å². The Kier molecular flexibility index (Phi) is 4.93. The molecule has 8 heteroatoms. The molecular formula is C10H14N2O5S. The molecule has 0 amide bonds. The van der Waals surface area contributed by atoms with E-state index < -0.39 is 16.2 Å². The molecule has 18 heavy (non-hydrogen) atoms. The Balaban J connectivity index is 2.62. The summed E-state index contributed by atoms with van der Waals surface area (Å²) in [6.45, 7) is 1.72. The van der Waals surface area contributed by atoms with E-state index in [1.54, 1.807) is 19.1 Å². The topological polar surface area (TPSA) is 108 Å². The molecule has 0 fully saturated rings. The molecule has 0 saturated carbocycles.